The second kappa shape index (κ2) is 8.85. The zero-order valence-electron chi connectivity index (χ0n) is 16.3. The van der Waals surface area contributed by atoms with Gasteiger partial charge in [0.05, 0.1) is 0 Å². The van der Waals surface area contributed by atoms with Crippen molar-refractivity contribution < 1.29 is 9.59 Å². The maximum absolute atomic E-state index is 12.7. The Morgan fingerprint density at radius 1 is 0.852 bits per heavy atom. The van der Waals surface area contributed by atoms with Gasteiger partial charge < -0.3 is 10.2 Å². The predicted molar refractivity (Wildman–Crippen MR) is 109 cm³/mol. The van der Waals surface area contributed by atoms with Crippen molar-refractivity contribution in [2.45, 2.75) is 46.0 Å². The number of carbonyl (C=O) groups is 2. The van der Waals surface area contributed by atoms with Crippen molar-refractivity contribution in [2.75, 3.05) is 18.4 Å². The van der Waals surface area contributed by atoms with E-state index in [0.717, 1.165) is 55.6 Å². The molecule has 1 saturated heterocycles. The summed E-state index contributed by atoms with van der Waals surface area (Å²) in [5, 5.41) is 3.08. The van der Waals surface area contributed by atoms with Gasteiger partial charge in [-0.3, -0.25) is 9.59 Å². The van der Waals surface area contributed by atoms with Gasteiger partial charge in [0.1, 0.15) is 0 Å². The summed E-state index contributed by atoms with van der Waals surface area (Å²) in [6.07, 6.45) is 5.08. The van der Waals surface area contributed by atoms with Crippen LogP contribution < -0.4 is 5.32 Å². The standard InChI is InChI=1S/C23H28N2O2/c1-3-17-9-8-10-18(4-2)21(17)24-22(26)19-11-13-20(14-12-19)23(27)25-15-6-5-7-16-25/h8-14H,3-7,15-16H2,1-2H3,(H,24,26). The molecule has 0 unspecified atom stereocenters. The van der Waals surface area contributed by atoms with Crippen molar-refractivity contribution in [1.82, 2.24) is 4.90 Å². The van der Waals surface area contributed by atoms with Crippen LogP contribution >= 0.6 is 0 Å². The number of likely N-dealkylation sites (tertiary alicyclic amines) is 1. The van der Waals surface area contributed by atoms with E-state index in [1.807, 2.05) is 11.0 Å². The van der Waals surface area contributed by atoms with Crippen molar-refractivity contribution >= 4 is 17.5 Å². The number of nitrogens with one attached hydrogen (secondary N) is 1. The Morgan fingerprint density at radius 3 is 1.96 bits per heavy atom. The van der Waals surface area contributed by atoms with Crippen LogP contribution in [0.5, 0.6) is 0 Å². The number of piperidine rings is 1. The molecule has 1 heterocycles. The highest BCUT2D eigenvalue weighted by atomic mass is 16.2. The van der Waals surface area contributed by atoms with Crippen LogP contribution in [0.2, 0.25) is 0 Å². The monoisotopic (exact) mass is 364 g/mol. The average molecular weight is 364 g/mol. The summed E-state index contributed by atoms with van der Waals surface area (Å²) < 4.78 is 0. The molecule has 4 heteroatoms. The first-order chi connectivity index (χ1) is 13.1. The highest BCUT2D eigenvalue weighted by molar-refractivity contribution is 6.05. The first-order valence-electron chi connectivity index (χ1n) is 9.95. The minimum Gasteiger partial charge on any atom is -0.339 e. The van der Waals surface area contributed by atoms with E-state index in [-0.39, 0.29) is 11.8 Å². The van der Waals surface area contributed by atoms with Gasteiger partial charge in [-0.25, -0.2) is 0 Å². The third kappa shape index (κ3) is 4.38. The maximum atomic E-state index is 12.7. The molecule has 1 aliphatic rings. The van der Waals surface area contributed by atoms with Gasteiger partial charge in [-0.1, -0.05) is 32.0 Å². The molecule has 142 valence electrons. The Bertz CT molecular complexity index is 783. The van der Waals surface area contributed by atoms with Gasteiger partial charge in [0, 0.05) is 29.9 Å². The summed E-state index contributed by atoms with van der Waals surface area (Å²) in [6, 6.07) is 13.1. The van der Waals surface area contributed by atoms with Crippen molar-refractivity contribution in [1.29, 1.82) is 0 Å². The zero-order valence-corrected chi connectivity index (χ0v) is 16.3. The number of para-hydroxylation sites is 1. The minimum absolute atomic E-state index is 0.0613. The lowest BCUT2D eigenvalue weighted by Gasteiger charge is -2.26. The van der Waals surface area contributed by atoms with Crippen LogP contribution in [0.4, 0.5) is 5.69 Å². The van der Waals surface area contributed by atoms with Crippen molar-refractivity contribution in [2.24, 2.45) is 0 Å². The molecule has 0 spiro atoms. The fourth-order valence-electron chi connectivity index (χ4n) is 3.63. The highest BCUT2D eigenvalue weighted by Crippen LogP contribution is 2.23. The van der Waals surface area contributed by atoms with Gasteiger partial charge in [0.2, 0.25) is 0 Å². The van der Waals surface area contributed by atoms with Gasteiger partial charge in [-0.05, 0) is 67.5 Å². The summed E-state index contributed by atoms with van der Waals surface area (Å²) in [5.41, 5.74) is 4.41. The predicted octanol–water partition coefficient (Wildman–Crippen LogP) is 4.69. The van der Waals surface area contributed by atoms with Gasteiger partial charge in [0.25, 0.3) is 11.8 Å². The molecule has 1 aliphatic heterocycles. The van der Waals surface area contributed by atoms with E-state index >= 15 is 0 Å². The fourth-order valence-corrected chi connectivity index (χ4v) is 3.63. The van der Waals surface area contributed by atoms with Crippen LogP contribution in [0.3, 0.4) is 0 Å². The average Bonchev–Trinajstić information content (AvgIpc) is 2.74. The van der Waals surface area contributed by atoms with E-state index in [4.69, 9.17) is 0 Å². The second-order valence-electron chi connectivity index (χ2n) is 7.04. The number of hydrogen-bond acceptors (Lipinski definition) is 2. The number of aryl methyl sites for hydroxylation is 2. The normalized spacial score (nSPS) is 14.1. The number of benzene rings is 2. The molecule has 0 aromatic heterocycles. The van der Waals surface area contributed by atoms with Crippen molar-refractivity contribution in [3.05, 3.63) is 64.7 Å². The van der Waals surface area contributed by atoms with Crippen LogP contribution in [0, 0.1) is 0 Å². The summed E-state index contributed by atoms with van der Waals surface area (Å²) >= 11 is 0. The van der Waals surface area contributed by atoms with Crippen molar-refractivity contribution in [3.63, 3.8) is 0 Å². The maximum Gasteiger partial charge on any atom is 0.255 e. The van der Waals surface area contributed by atoms with Crippen LogP contribution in [0.15, 0.2) is 42.5 Å². The quantitative estimate of drug-likeness (QED) is 0.837. The lowest BCUT2D eigenvalue weighted by atomic mass is 10.0. The first kappa shape index (κ1) is 19.2. The van der Waals surface area contributed by atoms with E-state index in [2.05, 4.69) is 31.3 Å². The van der Waals surface area contributed by atoms with Gasteiger partial charge in [-0.2, -0.15) is 0 Å². The number of rotatable bonds is 5. The topological polar surface area (TPSA) is 49.4 Å². The smallest absolute Gasteiger partial charge is 0.255 e. The van der Waals surface area contributed by atoms with Crippen LogP contribution in [0.1, 0.15) is 65.0 Å². The Balaban J connectivity index is 1.74. The SMILES string of the molecule is CCc1cccc(CC)c1NC(=O)c1ccc(C(=O)N2CCCCC2)cc1. The Hall–Kier alpha value is -2.62. The number of nitrogens with zero attached hydrogens (tertiary/aromatic N) is 1. The number of hydrogen-bond donors (Lipinski definition) is 1. The molecule has 0 bridgehead atoms. The molecule has 0 radical (unpaired) electrons. The lowest BCUT2D eigenvalue weighted by molar-refractivity contribution is 0.0724. The summed E-state index contributed by atoms with van der Waals surface area (Å²) in [5.74, 6) is -0.0752. The summed E-state index contributed by atoms with van der Waals surface area (Å²) in [7, 11) is 0. The third-order valence-electron chi connectivity index (χ3n) is 5.27. The van der Waals surface area contributed by atoms with E-state index in [1.54, 1.807) is 24.3 Å². The molecule has 0 atom stereocenters. The Morgan fingerprint density at radius 2 is 1.41 bits per heavy atom. The molecule has 0 saturated carbocycles. The largest absolute Gasteiger partial charge is 0.339 e. The van der Waals surface area contributed by atoms with E-state index in [0.29, 0.717) is 11.1 Å². The molecule has 4 nitrogen and oxygen atoms in total. The first-order valence-corrected chi connectivity index (χ1v) is 9.95. The number of anilines is 1. The molecule has 1 N–H and O–H groups in total. The lowest BCUT2D eigenvalue weighted by Crippen LogP contribution is -2.35. The second-order valence-corrected chi connectivity index (χ2v) is 7.04. The van der Waals surface area contributed by atoms with E-state index in [1.165, 1.54) is 6.42 Å². The number of carbonyl (C=O) groups excluding carboxylic acids is 2. The van der Waals surface area contributed by atoms with E-state index < -0.39 is 0 Å². The Kier molecular flexibility index (Phi) is 6.28. The summed E-state index contributed by atoms with van der Waals surface area (Å²) in [4.78, 5) is 27.2. The van der Waals surface area contributed by atoms with Crippen LogP contribution in [0.25, 0.3) is 0 Å². The highest BCUT2D eigenvalue weighted by Gasteiger charge is 2.18. The zero-order chi connectivity index (χ0) is 19.2. The molecule has 0 aliphatic carbocycles. The molecule has 1 fully saturated rings. The number of amides is 2. The minimum atomic E-state index is -0.137. The Labute approximate surface area is 161 Å². The molecule has 2 aromatic rings. The van der Waals surface area contributed by atoms with Crippen molar-refractivity contribution in [3.8, 4) is 0 Å². The fraction of sp³-hybridized carbons (Fsp3) is 0.391. The van der Waals surface area contributed by atoms with Gasteiger partial charge in [0.15, 0.2) is 0 Å². The van der Waals surface area contributed by atoms with Crippen LogP contribution in [-0.4, -0.2) is 29.8 Å². The third-order valence-corrected chi connectivity index (χ3v) is 5.27. The molecular weight excluding hydrogens is 336 g/mol. The van der Waals surface area contributed by atoms with Gasteiger partial charge in [-0.15, -0.1) is 0 Å². The summed E-state index contributed by atoms with van der Waals surface area (Å²) in [6.45, 7) is 5.83. The molecule has 27 heavy (non-hydrogen) atoms. The van der Waals surface area contributed by atoms with E-state index in [9.17, 15) is 9.59 Å². The molecule has 2 amide bonds. The molecular formula is C23H28N2O2. The van der Waals surface area contributed by atoms with Crippen LogP contribution in [-0.2, 0) is 12.8 Å². The van der Waals surface area contributed by atoms with Gasteiger partial charge >= 0.3 is 0 Å². The molecule has 3 rings (SSSR count). The molecule has 2 aromatic carbocycles.